The van der Waals surface area contributed by atoms with Crippen LogP contribution in [0.5, 0.6) is 0 Å². The van der Waals surface area contributed by atoms with Crippen molar-refractivity contribution >= 4 is 17.2 Å². The second kappa shape index (κ2) is 7.76. The number of amides is 1. The van der Waals surface area contributed by atoms with E-state index in [0.29, 0.717) is 4.88 Å². The molecule has 0 bridgehead atoms. The fourth-order valence-corrected chi connectivity index (χ4v) is 2.83. The van der Waals surface area contributed by atoms with Crippen LogP contribution in [-0.2, 0) is 4.74 Å². The van der Waals surface area contributed by atoms with Crippen molar-refractivity contribution in [1.82, 2.24) is 5.32 Å². The first-order valence-corrected chi connectivity index (χ1v) is 7.87. The molecule has 1 amide bonds. The highest BCUT2D eigenvalue weighted by Crippen LogP contribution is 2.28. The topological polar surface area (TPSA) is 38.3 Å². The van der Waals surface area contributed by atoms with Crippen molar-refractivity contribution in [2.24, 2.45) is 0 Å². The van der Waals surface area contributed by atoms with Crippen LogP contribution >= 0.6 is 11.3 Å². The number of carbonyl (C=O) groups is 1. The average Bonchev–Trinajstić information content (AvgIpc) is 2.96. The van der Waals surface area contributed by atoms with Gasteiger partial charge < -0.3 is 10.1 Å². The van der Waals surface area contributed by atoms with Gasteiger partial charge in [0.2, 0.25) is 0 Å². The summed E-state index contributed by atoms with van der Waals surface area (Å²) in [4.78, 5) is 13.3. The molecule has 1 aromatic heterocycles. The molecule has 1 aromatic carbocycles. The third kappa shape index (κ3) is 5.61. The summed E-state index contributed by atoms with van der Waals surface area (Å²) >= 11 is 1.21. The number of rotatable bonds is 6. The van der Waals surface area contributed by atoms with Crippen molar-refractivity contribution in [2.75, 3.05) is 13.2 Å². The number of hydrogen-bond donors (Lipinski definition) is 1. The third-order valence-electron chi connectivity index (χ3n) is 2.97. The van der Waals surface area contributed by atoms with Gasteiger partial charge in [0, 0.05) is 10.9 Å². The summed E-state index contributed by atoms with van der Waals surface area (Å²) in [6, 6.07) is 8.66. The maximum absolute atomic E-state index is 12.9. The monoisotopic (exact) mass is 361 g/mol. The molecule has 0 radical (unpaired) electrons. The minimum absolute atomic E-state index is 0.235. The quantitative estimate of drug-likeness (QED) is 0.781. The number of hydrogen-bond acceptors (Lipinski definition) is 3. The minimum Gasteiger partial charge on any atom is -0.370 e. The fraction of sp³-hybridized carbons (Fsp3) is 0.312. The van der Waals surface area contributed by atoms with Gasteiger partial charge >= 0.3 is 6.18 Å². The van der Waals surface area contributed by atoms with Gasteiger partial charge in [-0.15, -0.1) is 11.3 Å². The molecule has 1 heterocycles. The zero-order valence-electron chi connectivity index (χ0n) is 12.7. The van der Waals surface area contributed by atoms with E-state index in [2.05, 4.69) is 10.1 Å². The Morgan fingerprint density at radius 1 is 1.21 bits per heavy atom. The Labute approximate surface area is 140 Å². The highest BCUT2D eigenvalue weighted by atomic mass is 32.1. The highest BCUT2D eigenvalue weighted by Gasteiger charge is 2.27. The van der Waals surface area contributed by atoms with Gasteiger partial charge in [0.1, 0.15) is 12.4 Å². The molecule has 0 spiro atoms. The first kappa shape index (κ1) is 18.4. The fourth-order valence-electron chi connectivity index (χ4n) is 1.92. The number of halogens is 4. The molecule has 130 valence electrons. The molecule has 0 fully saturated rings. The highest BCUT2D eigenvalue weighted by molar-refractivity contribution is 7.17. The number of thiophene rings is 1. The lowest BCUT2D eigenvalue weighted by molar-refractivity contribution is -0.174. The minimum atomic E-state index is -4.39. The zero-order valence-corrected chi connectivity index (χ0v) is 13.5. The molecule has 0 saturated heterocycles. The molecule has 8 heteroatoms. The number of benzene rings is 1. The van der Waals surface area contributed by atoms with E-state index in [1.165, 1.54) is 23.5 Å². The summed E-state index contributed by atoms with van der Waals surface area (Å²) in [5, 5.41) is 2.58. The summed E-state index contributed by atoms with van der Waals surface area (Å²) < 4.78 is 53.4. The maximum atomic E-state index is 12.9. The molecule has 2 rings (SSSR count). The average molecular weight is 361 g/mol. The molecule has 1 N–H and O–H groups in total. The van der Waals surface area contributed by atoms with E-state index in [0.717, 1.165) is 10.4 Å². The van der Waals surface area contributed by atoms with Gasteiger partial charge in [-0.1, -0.05) is 12.1 Å². The lowest BCUT2D eigenvalue weighted by Gasteiger charge is -2.14. The van der Waals surface area contributed by atoms with Crippen molar-refractivity contribution in [3.8, 4) is 10.4 Å². The van der Waals surface area contributed by atoms with Crippen LogP contribution in [0.1, 0.15) is 16.6 Å². The molecular formula is C16H15F4NO2S. The summed E-state index contributed by atoms with van der Waals surface area (Å²) in [5.74, 6) is -0.738. The van der Waals surface area contributed by atoms with Crippen LogP contribution in [0.4, 0.5) is 17.6 Å². The van der Waals surface area contributed by atoms with Crippen molar-refractivity contribution < 1.29 is 27.1 Å². The maximum Gasteiger partial charge on any atom is 0.411 e. The second-order valence-electron chi connectivity index (χ2n) is 5.18. The standard InChI is InChI=1S/C16H15F4NO2S/c1-10(8-23-9-16(18,19)20)21-15(22)14-7-6-13(24-14)11-2-4-12(17)5-3-11/h2-7,10H,8-9H2,1H3,(H,21,22). The van der Waals surface area contributed by atoms with Crippen LogP contribution in [0.3, 0.4) is 0 Å². The number of ether oxygens (including phenoxy) is 1. The Bertz CT molecular complexity index is 682. The van der Waals surface area contributed by atoms with E-state index in [1.807, 2.05) is 0 Å². The predicted octanol–water partition coefficient (Wildman–Crippen LogP) is 4.25. The summed E-state index contributed by atoms with van der Waals surface area (Å²) in [6.45, 7) is -0.0227. The van der Waals surface area contributed by atoms with E-state index in [4.69, 9.17) is 0 Å². The van der Waals surface area contributed by atoms with E-state index in [1.54, 1.807) is 31.2 Å². The van der Waals surface area contributed by atoms with Gasteiger partial charge in [-0.2, -0.15) is 13.2 Å². The van der Waals surface area contributed by atoms with Gasteiger partial charge in [0.05, 0.1) is 11.5 Å². The molecule has 0 saturated carbocycles. The Balaban J connectivity index is 1.90. The molecular weight excluding hydrogens is 346 g/mol. The lowest BCUT2D eigenvalue weighted by Crippen LogP contribution is -2.36. The molecule has 24 heavy (non-hydrogen) atoms. The number of nitrogens with one attached hydrogen (secondary N) is 1. The third-order valence-corrected chi connectivity index (χ3v) is 4.10. The summed E-state index contributed by atoms with van der Waals surface area (Å²) in [7, 11) is 0. The lowest BCUT2D eigenvalue weighted by atomic mass is 10.2. The molecule has 0 aliphatic carbocycles. The van der Waals surface area contributed by atoms with E-state index in [9.17, 15) is 22.4 Å². The summed E-state index contributed by atoms with van der Waals surface area (Å²) in [5.41, 5.74) is 0.780. The second-order valence-corrected chi connectivity index (χ2v) is 6.26. The van der Waals surface area contributed by atoms with E-state index < -0.39 is 24.7 Å². The van der Waals surface area contributed by atoms with Crippen LogP contribution in [0.25, 0.3) is 10.4 Å². The van der Waals surface area contributed by atoms with E-state index in [-0.39, 0.29) is 12.4 Å². The van der Waals surface area contributed by atoms with Crippen molar-refractivity contribution in [1.29, 1.82) is 0 Å². The van der Waals surface area contributed by atoms with Gasteiger partial charge in [0.25, 0.3) is 5.91 Å². The van der Waals surface area contributed by atoms with Gasteiger partial charge in [-0.25, -0.2) is 4.39 Å². The molecule has 1 unspecified atom stereocenters. The van der Waals surface area contributed by atoms with E-state index >= 15 is 0 Å². The van der Waals surface area contributed by atoms with Crippen LogP contribution in [0.2, 0.25) is 0 Å². The Morgan fingerprint density at radius 2 is 1.88 bits per heavy atom. The van der Waals surface area contributed by atoms with Crippen molar-refractivity contribution in [3.05, 3.63) is 47.1 Å². The van der Waals surface area contributed by atoms with Crippen LogP contribution in [-0.4, -0.2) is 31.3 Å². The van der Waals surface area contributed by atoms with Gasteiger partial charge in [-0.3, -0.25) is 4.79 Å². The summed E-state index contributed by atoms with van der Waals surface area (Å²) in [6.07, 6.45) is -4.39. The van der Waals surface area contributed by atoms with Crippen LogP contribution in [0.15, 0.2) is 36.4 Å². The molecule has 3 nitrogen and oxygen atoms in total. The van der Waals surface area contributed by atoms with Crippen molar-refractivity contribution in [2.45, 2.75) is 19.1 Å². The normalized spacial score (nSPS) is 12.9. The molecule has 0 aliphatic heterocycles. The predicted molar refractivity (Wildman–Crippen MR) is 83.5 cm³/mol. The first-order valence-electron chi connectivity index (χ1n) is 7.06. The largest absolute Gasteiger partial charge is 0.411 e. The first-order chi connectivity index (χ1) is 11.2. The Morgan fingerprint density at radius 3 is 2.50 bits per heavy atom. The number of alkyl halides is 3. The number of carbonyl (C=O) groups excluding carboxylic acids is 1. The Hall–Kier alpha value is -1.93. The zero-order chi connectivity index (χ0) is 17.7. The SMILES string of the molecule is CC(COCC(F)(F)F)NC(=O)c1ccc(-c2ccc(F)cc2)s1. The van der Waals surface area contributed by atoms with Gasteiger partial charge in [-0.05, 0) is 36.8 Å². The smallest absolute Gasteiger partial charge is 0.370 e. The molecule has 2 aromatic rings. The van der Waals surface area contributed by atoms with Crippen LogP contribution < -0.4 is 5.32 Å². The van der Waals surface area contributed by atoms with Gasteiger partial charge in [0.15, 0.2) is 0 Å². The Kier molecular flexibility index (Phi) is 5.95. The molecule has 1 atom stereocenters. The van der Waals surface area contributed by atoms with Crippen LogP contribution in [0, 0.1) is 5.82 Å². The van der Waals surface area contributed by atoms with Crippen molar-refractivity contribution in [3.63, 3.8) is 0 Å². The molecule has 0 aliphatic rings.